The highest BCUT2D eigenvalue weighted by Gasteiger charge is 2.48. The minimum absolute atomic E-state index is 0.0350. The number of alkyl halides is 3. The van der Waals surface area contributed by atoms with E-state index < -0.39 is 23.8 Å². The number of hydrogen-bond acceptors (Lipinski definition) is 3. The highest BCUT2D eigenvalue weighted by atomic mass is 19.4. The molecular weight excluding hydrogens is 373 g/mol. The van der Waals surface area contributed by atoms with Crippen LogP contribution in [0.5, 0.6) is 17.2 Å². The van der Waals surface area contributed by atoms with Crippen molar-refractivity contribution in [1.29, 1.82) is 0 Å². The van der Waals surface area contributed by atoms with E-state index in [-0.39, 0.29) is 11.3 Å². The Balaban J connectivity index is 2.06. The van der Waals surface area contributed by atoms with Crippen molar-refractivity contribution in [2.75, 3.05) is 0 Å². The van der Waals surface area contributed by atoms with E-state index in [1.54, 1.807) is 13.0 Å². The van der Waals surface area contributed by atoms with Crippen molar-refractivity contribution in [1.82, 2.24) is 0 Å². The van der Waals surface area contributed by atoms with E-state index in [0.29, 0.717) is 17.1 Å². The molecule has 1 atom stereocenters. The molecule has 148 valence electrons. The minimum atomic E-state index is -4.85. The normalized spacial score (nSPS) is 16.1. The summed E-state index contributed by atoms with van der Waals surface area (Å²) in [6, 6.07) is 6.99. The number of fused-ring (bicyclic) bond motifs is 1. The van der Waals surface area contributed by atoms with Crippen molar-refractivity contribution >= 4 is 12.0 Å². The number of aryl methyl sites for hydroxylation is 3. The smallest absolute Gasteiger partial charge is 0.430 e. The fourth-order valence-electron chi connectivity index (χ4n) is 3.35. The maximum absolute atomic E-state index is 13.3. The van der Waals surface area contributed by atoms with E-state index in [2.05, 4.69) is 0 Å². The number of rotatable bonds is 3. The Morgan fingerprint density at radius 1 is 1.11 bits per heavy atom. The van der Waals surface area contributed by atoms with Crippen molar-refractivity contribution in [3.05, 3.63) is 57.7 Å². The van der Waals surface area contributed by atoms with Gasteiger partial charge in [0.05, 0.1) is 5.57 Å². The van der Waals surface area contributed by atoms with Gasteiger partial charge in [0, 0.05) is 11.1 Å². The molecular formula is C21H19F3O4. The summed E-state index contributed by atoms with van der Waals surface area (Å²) in [7, 11) is 0. The van der Waals surface area contributed by atoms with Crippen molar-refractivity contribution in [3.63, 3.8) is 0 Å². The fraction of sp³-hybridized carbons (Fsp3) is 0.286. The fourth-order valence-corrected chi connectivity index (χ4v) is 3.35. The number of carbonyl (C=O) groups is 1. The van der Waals surface area contributed by atoms with Gasteiger partial charge in [-0.2, -0.15) is 13.2 Å². The summed E-state index contributed by atoms with van der Waals surface area (Å²) in [6.45, 7) is 7.33. The van der Waals surface area contributed by atoms with Crippen LogP contribution in [0, 0.1) is 27.7 Å². The van der Waals surface area contributed by atoms with Crippen LogP contribution in [0.1, 0.15) is 27.8 Å². The second kappa shape index (κ2) is 6.89. The van der Waals surface area contributed by atoms with Crippen LogP contribution >= 0.6 is 0 Å². The molecule has 2 aromatic carbocycles. The molecule has 0 saturated carbocycles. The molecule has 28 heavy (non-hydrogen) atoms. The van der Waals surface area contributed by atoms with E-state index in [1.807, 2.05) is 32.9 Å². The van der Waals surface area contributed by atoms with Gasteiger partial charge in [-0.1, -0.05) is 17.7 Å². The summed E-state index contributed by atoms with van der Waals surface area (Å²) in [5, 5.41) is 9.13. The molecule has 0 fully saturated rings. The number of ether oxygens (including phenoxy) is 2. The molecule has 7 heteroatoms. The second-order valence-corrected chi connectivity index (χ2v) is 6.88. The molecule has 0 saturated heterocycles. The molecule has 1 aliphatic heterocycles. The summed E-state index contributed by atoms with van der Waals surface area (Å²) in [5.41, 5.74) is 2.66. The van der Waals surface area contributed by atoms with Crippen molar-refractivity contribution in [2.45, 2.75) is 40.0 Å². The van der Waals surface area contributed by atoms with Gasteiger partial charge in [-0.25, -0.2) is 4.79 Å². The number of hydrogen-bond donors (Lipinski definition) is 1. The monoisotopic (exact) mass is 392 g/mol. The van der Waals surface area contributed by atoms with Gasteiger partial charge in [0.1, 0.15) is 17.2 Å². The Hall–Kier alpha value is -2.96. The Morgan fingerprint density at radius 2 is 1.71 bits per heavy atom. The van der Waals surface area contributed by atoms with Crippen LogP contribution in [0.4, 0.5) is 13.2 Å². The van der Waals surface area contributed by atoms with E-state index in [1.165, 1.54) is 6.07 Å². The summed E-state index contributed by atoms with van der Waals surface area (Å²) < 4.78 is 51.0. The summed E-state index contributed by atoms with van der Waals surface area (Å²) in [4.78, 5) is 11.2. The first-order valence-electron chi connectivity index (χ1n) is 8.56. The predicted molar refractivity (Wildman–Crippen MR) is 98.0 cm³/mol. The van der Waals surface area contributed by atoms with Gasteiger partial charge in [0.15, 0.2) is 0 Å². The van der Waals surface area contributed by atoms with E-state index in [0.717, 1.165) is 22.8 Å². The maximum Gasteiger partial charge on any atom is 0.430 e. The molecule has 0 radical (unpaired) electrons. The molecule has 1 aliphatic rings. The Bertz CT molecular complexity index is 967. The number of halogens is 3. The largest absolute Gasteiger partial charge is 0.478 e. The Kier molecular flexibility index (Phi) is 4.87. The number of carboxylic acids is 1. The first kappa shape index (κ1) is 19.8. The van der Waals surface area contributed by atoms with E-state index in [4.69, 9.17) is 14.6 Å². The van der Waals surface area contributed by atoms with Crippen LogP contribution in [-0.4, -0.2) is 23.4 Å². The lowest BCUT2D eigenvalue weighted by atomic mass is 9.98. The summed E-state index contributed by atoms with van der Waals surface area (Å²) >= 11 is 0. The third-order valence-corrected chi connectivity index (χ3v) is 4.58. The first-order chi connectivity index (χ1) is 13.0. The van der Waals surface area contributed by atoms with Crippen LogP contribution < -0.4 is 9.47 Å². The van der Waals surface area contributed by atoms with Gasteiger partial charge in [-0.15, -0.1) is 0 Å². The third-order valence-electron chi connectivity index (χ3n) is 4.58. The van der Waals surface area contributed by atoms with E-state index in [9.17, 15) is 18.0 Å². The minimum Gasteiger partial charge on any atom is -0.478 e. The standard InChI is InChI=1S/C21H19F3O4/c1-10-7-11(2)17(12(3)8-10)27-16-6-5-14-9-15(20(25)26)19(21(22,23)24)28-18(14)13(16)4/h5-9,19H,1-4H3,(H,25,26). The zero-order valence-corrected chi connectivity index (χ0v) is 15.8. The maximum atomic E-state index is 13.3. The van der Waals surface area contributed by atoms with Crippen LogP contribution in [0.2, 0.25) is 0 Å². The number of benzene rings is 2. The molecule has 0 bridgehead atoms. The van der Waals surface area contributed by atoms with Crippen molar-refractivity contribution in [2.24, 2.45) is 0 Å². The quantitative estimate of drug-likeness (QED) is 0.749. The van der Waals surface area contributed by atoms with Gasteiger partial charge in [0.2, 0.25) is 6.10 Å². The summed E-state index contributed by atoms with van der Waals surface area (Å²) in [5.74, 6) is -0.732. The second-order valence-electron chi connectivity index (χ2n) is 6.88. The zero-order valence-electron chi connectivity index (χ0n) is 15.8. The summed E-state index contributed by atoms with van der Waals surface area (Å²) in [6.07, 6.45) is -6.39. The Morgan fingerprint density at radius 3 is 2.25 bits per heavy atom. The molecule has 1 unspecified atom stereocenters. The highest BCUT2D eigenvalue weighted by molar-refractivity contribution is 5.95. The first-order valence-corrected chi connectivity index (χ1v) is 8.56. The van der Waals surface area contributed by atoms with Crippen LogP contribution in [0.3, 0.4) is 0 Å². The van der Waals surface area contributed by atoms with Gasteiger partial charge < -0.3 is 14.6 Å². The number of carboxylic acid groups (broad SMARTS) is 1. The van der Waals surface area contributed by atoms with Gasteiger partial charge >= 0.3 is 12.1 Å². The topological polar surface area (TPSA) is 55.8 Å². The van der Waals surface area contributed by atoms with Gasteiger partial charge in [-0.3, -0.25) is 0 Å². The average molecular weight is 392 g/mol. The van der Waals surface area contributed by atoms with E-state index >= 15 is 0 Å². The average Bonchev–Trinajstić information content (AvgIpc) is 2.58. The lowest BCUT2D eigenvalue weighted by Gasteiger charge is -2.28. The number of aliphatic carboxylic acids is 1. The lowest BCUT2D eigenvalue weighted by molar-refractivity contribution is -0.187. The molecule has 0 aromatic heterocycles. The molecule has 0 spiro atoms. The molecule has 3 rings (SSSR count). The Labute approximate surface area is 160 Å². The van der Waals surface area contributed by atoms with Gasteiger partial charge in [-0.05, 0) is 57.0 Å². The zero-order chi connectivity index (χ0) is 20.8. The predicted octanol–water partition coefficient (Wildman–Crippen LogP) is 5.50. The van der Waals surface area contributed by atoms with Crippen LogP contribution in [-0.2, 0) is 4.79 Å². The molecule has 2 aromatic rings. The SMILES string of the molecule is Cc1cc(C)c(Oc2ccc3c(c2C)OC(C(F)(F)F)C(C(=O)O)=C3)c(C)c1. The highest BCUT2D eigenvalue weighted by Crippen LogP contribution is 2.43. The molecule has 4 nitrogen and oxygen atoms in total. The van der Waals surface area contributed by atoms with Gasteiger partial charge in [0.25, 0.3) is 0 Å². The molecule has 0 amide bonds. The lowest BCUT2D eigenvalue weighted by Crippen LogP contribution is -2.40. The third kappa shape index (κ3) is 3.56. The van der Waals surface area contributed by atoms with Crippen molar-refractivity contribution < 1.29 is 32.5 Å². The van der Waals surface area contributed by atoms with Crippen molar-refractivity contribution in [3.8, 4) is 17.2 Å². The molecule has 1 heterocycles. The molecule has 0 aliphatic carbocycles. The van der Waals surface area contributed by atoms with Crippen LogP contribution in [0.15, 0.2) is 29.8 Å². The van der Waals surface area contributed by atoms with Crippen LogP contribution in [0.25, 0.3) is 6.08 Å². The molecule has 1 N–H and O–H groups in total.